The second-order valence-electron chi connectivity index (χ2n) is 7.91. The van der Waals surface area contributed by atoms with Crippen LogP contribution in [0.25, 0.3) is 22.3 Å². The first-order valence-electron chi connectivity index (χ1n) is 10.8. The van der Waals surface area contributed by atoms with Gasteiger partial charge in [0, 0.05) is 37.4 Å². The Hall–Kier alpha value is -3.93. The average molecular weight is 425 g/mol. The second kappa shape index (κ2) is 8.67. The van der Waals surface area contributed by atoms with E-state index in [1.165, 1.54) is 10.3 Å². The Balaban J connectivity index is 1.42. The smallest absolute Gasteiger partial charge is 0.262 e. The Morgan fingerprint density at radius 1 is 0.781 bits per heavy atom. The van der Waals surface area contributed by atoms with E-state index in [0.29, 0.717) is 29.8 Å². The predicted molar refractivity (Wildman–Crippen MR) is 127 cm³/mol. The summed E-state index contributed by atoms with van der Waals surface area (Å²) in [5, 5.41) is 0.522. The van der Waals surface area contributed by atoms with Crippen molar-refractivity contribution >= 4 is 22.5 Å². The number of piperazine rings is 1. The lowest BCUT2D eigenvalue weighted by molar-refractivity contribution is -0.132. The summed E-state index contributed by atoms with van der Waals surface area (Å²) >= 11 is 0. The Morgan fingerprint density at radius 3 is 2.12 bits per heavy atom. The summed E-state index contributed by atoms with van der Waals surface area (Å²) in [6.07, 6.45) is 0. The van der Waals surface area contributed by atoms with E-state index < -0.39 is 0 Å². The minimum Gasteiger partial charge on any atom is -0.368 e. The molecule has 32 heavy (non-hydrogen) atoms. The van der Waals surface area contributed by atoms with Crippen LogP contribution in [0.15, 0.2) is 89.7 Å². The Labute approximate surface area is 186 Å². The quantitative estimate of drug-likeness (QED) is 0.504. The first-order valence-corrected chi connectivity index (χ1v) is 10.8. The van der Waals surface area contributed by atoms with Gasteiger partial charge in [-0.3, -0.25) is 14.2 Å². The summed E-state index contributed by atoms with van der Waals surface area (Å²) in [7, 11) is 0. The topological polar surface area (TPSA) is 58.4 Å². The van der Waals surface area contributed by atoms with Crippen LogP contribution < -0.4 is 10.5 Å². The highest BCUT2D eigenvalue weighted by atomic mass is 16.2. The molecule has 0 bridgehead atoms. The molecule has 5 rings (SSSR count). The SMILES string of the molecule is O=C(Cn1c(-c2ccccc2)nc2ccccc2c1=O)N1CCN(c2ccccc2)CC1. The standard InChI is InChI=1S/C26H24N4O2/c31-24(29-17-15-28(16-18-29)21-11-5-2-6-12-21)19-30-25(20-9-3-1-4-10-20)27-23-14-8-7-13-22(23)26(30)32/h1-14H,15-19H2. The Morgan fingerprint density at radius 2 is 1.41 bits per heavy atom. The highest BCUT2D eigenvalue weighted by molar-refractivity contribution is 5.82. The number of aromatic nitrogens is 2. The van der Waals surface area contributed by atoms with Crippen molar-refractivity contribution in [1.82, 2.24) is 14.5 Å². The van der Waals surface area contributed by atoms with E-state index in [1.807, 2.05) is 71.6 Å². The van der Waals surface area contributed by atoms with Crippen LogP contribution in [-0.2, 0) is 11.3 Å². The van der Waals surface area contributed by atoms with Crippen molar-refractivity contribution in [1.29, 1.82) is 0 Å². The van der Waals surface area contributed by atoms with Gasteiger partial charge in [0.15, 0.2) is 0 Å². The molecule has 0 atom stereocenters. The van der Waals surface area contributed by atoms with Crippen molar-refractivity contribution in [2.45, 2.75) is 6.54 Å². The number of amides is 1. The fourth-order valence-corrected chi connectivity index (χ4v) is 4.21. The van der Waals surface area contributed by atoms with Gasteiger partial charge < -0.3 is 9.80 Å². The third-order valence-corrected chi connectivity index (χ3v) is 5.94. The maximum atomic E-state index is 13.3. The number of benzene rings is 3. The molecule has 0 N–H and O–H groups in total. The van der Waals surface area contributed by atoms with Crippen molar-refractivity contribution in [2.75, 3.05) is 31.1 Å². The van der Waals surface area contributed by atoms with Gasteiger partial charge in [-0.1, -0.05) is 60.7 Å². The molecule has 0 radical (unpaired) electrons. The number of hydrogen-bond acceptors (Lipinski definition) is 4. The van der Waals surface area contributed by atoms with Gasteiger partial charge in [0.05, 0.1) is 10.9 Å². The third kappa shape index (κ3) is 3.87. The zero-order chi connectivity index (χ0) is 21.9. The molecule has 2 heterocycles. The zero-order valence-corrected chi connectivity index (χ0v) is 17.7. The van der Waals surface area contributed by atoms with Crippen LogP contribution in [0, 0.1) is 0 Å². The van der Waals surface area contributed by atoms with Gasteiger partial charge in [0.1, 0.15) is 12.4 Å². The van der Waals surface area contributed by atoms with Crippen LogP contribution in [0.2, 0.25) is 0 Å². The molecule has 6 heteroatoms. The number of para-hydroxylation sites is 2. The molecule has 0 unspecified atom stereocenters. The van der Waals surface area contributed by atoms with Gasteiger partial charge in [-0.25, -0.2) is 4.98 Å². The molecule has 3 aromatic carbocycles. The number of rotatable bonds is 4. The monoisotopic (exact) mass is 424 g/mol. The van der Waals surface area contributed by atoms with E-state index in [9.17, 15) is 9.59 Å². The summed E-state index contributed by atoms with van der Waals surface area (Å²) in [5.74, 6) is 0.458. The van der Waals surface area contributed by atoms with Crippen molar-refractivity contribution in [3.8, 4) is 11.4 Å². The van der Waals surface area contributed by atoms with Crippen LogP contribution >= 0.6 is 0 Å². The van der Waals surface area contributed by atoms with Crippen LogP contribution in [0.4, 0.5) is 5.69 Å². The van der Waals surface area contributed by atoms with Crippen molar-refractivity contribution in [3.63, 3.8) is 0 Å². The van der Waals surface area contributed by atoms with Gasteiger partial charge in [-0.2, -0.15) is 0 Å². The highest BCUT2D eigenvalue weighted by Gasteiger charge is 2.23. The molecule has 0 spiro atoms. The molecule has 1 aliphatic heterocycles. The van der Waals surface area contributed by atoms with Crippen LogP contribution in [0.1, 0.15) is 0 Å². The summed E-state index contributed by atoms with van der Waals surface area (Å²) in [6.45, 7) is 2.78. The molecule has 1 saturated heterocycles. The summed E-state index contributed by atoms with van der Waals surface area (Å²) in [6, 6.07) is 27.1. The lowest BCUT2D eigenvalue weighted by Gasteiger charge is -2.36. The molecule has 6 nitrogen and oxygen atoms in total. The molecule has 1 amide bonds. The number of anilines is 1. The van der Waals surface area contributed by atoms with E-state index in [4.69, 9.17) is 4.98 Å². The largest absolute Gasteiger partial charge is 0.368 e. The Kier molecular flexibility index (Phi) is 5.42. The second-order valence-corrected chi connectivity index (χ2v) is 7.91. The fourth-order valence-electron chi connectivity index (χ4n) is 4.21. The van der Waals surface area contributed by atoms with Crippen molar-refractivity contribution in [3.05, 3.63) is 95.3 Å². The van der Waals surface area contributed by atoms with E-state index in [1.54, 1.807) is 6.07 Å². The zero-order valence-electron chi connectivity index (χ0n) is 17.7. The molecular formula is C26H24N4O2. The van der Waals surface area contributed by atoms with E-state index in [-0.39, 0.29) is 18.0 Å². The van der Waals surface area contributed by atoms with Gasteiger partial charge in [-0.05, 0) is 24.3 Å². The Bertz CT molecular complexity index is 1290. The van der Waals surface area contributed by atoms with Crippen molar-refractivity contribution < 1.29 is 4.79 Å². The molecule has 4 aromatic rings. The first-order chi connectivity index (χ1) is 15.7. The van der Waals surface area contributed by atoms with Crippen LogP contribution in [0.5, 0.6) is 0 Å². The predicted octanol–water partition coefficient (Wildman–Crippen LogP) is 3.41. The summed E-state index contributed by atoms with van der Waals surface area (Å²) < 4.78 is 1.52. The molecular weight excluding hydrogens is 400 g/mol. The maximum Gasteiger partial charge on any atom is 0.262 e. The molecule has 0 saturated carbocycles. The molecule has 1 fully saturated rings. The average Bonchev–Trinajstić information content (AvgIpc) is 2.87. The van der Waals surface area contributed by atoms with Gasteiger partial charge in [-0.15, -0.1) is 0 Å². The molecule has 1 aromatic heterocycles. The van der Waals surface area contributed by atoms with Crippen LogP contribution in [-0.4, -0.2) is 46.5 Å². The van der Waals surface area contributed by atoms with Gasteiger partial charge in [0.2, 0.25) is 5.91 Å². The highest BCUT2D eigenvalue weighted by Crippen LogP contribution is 2.20. The number of hydrogen-bond donors (Lipinski definition) is 0. The maximum absolute atomic E-state index is 13.3. The first kappa shape index (κ1) is 20.0. The van der Waals surface area contributed by atoms with Gasteiger partial charge >= 0.3 is 0 Å². The number of carbonyl (C=O) groups excluding carboxylic acids is 1. The number of carbonyl (C=O) groups is 1. The third-order valence-electron chi connectivity index (χ3n) is 5.94. The van der Waals surface area contributed by atoms with E-state index >= 15 is 0 Å². The minimum atomic E-state index is -0.189. The molecule has 160 valence electrons. The summed E-state index contributed by atoms with van der Waals surface area (Å²) in [5.41, 5.74) is 2.43. The number of fused-ring (bicyclic) bond motifs is 1. The minimum absolute atomic E-state index is 0.0216. The van der Waals surface area contributed by atoms with Gasteiger partial charge in [0.25, 0.3) is 5.56 Å². The lowest BCUT2D eigenvalue weighted by atomic mass is 10.1. The normalized spacial score (nSPS) is 14.0. The fraction of sp³-hybridized carbons (Fsp3) is 0.192. The van der Waals surface area contributed by atoms with E-state index in [0.717, 1.165) is 18.7 Å². The number of nitrogens with zero attached hydrogens (tertiary/aromatic N) is 4. The molecule has 1 aliphatic rings. The van der Waals surface area contributed by atoms with Crippen molar-refractivity contribution in [2.24, 2.45) is 0 Å². The lowest BCUT2D eigenvalue weighted by Crippen LogP contribution is -2.50. The summed E-state index contributed by atoms with van der Waals surface area (Å²) in [4.78, 5) is 35.4. The molecule has 0 aliphatic carbocycles. The van der Waals surface area contributed by atoms with Crippen LogP contribution in [0.3, 0.4) is 0 Å². The van der Waals surface area contributed by atoms with E-state index in [2.05, 4.69) is 17.0 Å².